The fraction of sp³-hybridized carbons (Fsp3) is 0.480. The van der Waals surface area contributed by atoms with Crippen LogP contribution in [0.4, 0.5) is 5.69 Å². The molecule has 0 saturated heterocycles. The minimum atomic E-state index is -0.981. The number of carbonyl (C=O) groups is 1. The van der Waals surface area contributed by atoms with Gasteiger partial charge in [0.05, 0.1) is 6.61 Å². The summed E-state index contributed by atoms with van der Waals surface area (Å²) in [5.74, 6) is 1.46. The van der Waals surface area contributed by atoms with E-state index in [0.717, 1.165) is 60.5 Å². The average Bonchev–Trinajstić information content (AvgIpc) is 3.56. The van der Waals surface area contributed by atoms with E-state index in [1.807, 2.05) is 12.1 Å². The summed E-state index contributed by atoms with van der Waals surface area (Å²) in [5, 5.41) is 9.00. The van der Waals surface area contributed by atoms with Crippen LogP contribution in [-0.2, 0) is 4.79 Å². The minimum absolute atomic E-state index is 0.358. The second-order valence-electron chi connectivity index (χ2n) is 8.55. The number of carboxylic acid groups (broad SMARTS) is 1. The summed E-state index contributed by atoms with van der Waals surface area (Å²) in [5.41, 5.74) is 2.42. The Hall–Kier alpha value is -2.21. The van der Waals surface area contributed by atoms with Crippen molar-refractivity contribution in [3.63, 3.8) is 0 Å². The molecule has 2 aromatic carbocycles. The molecule has 0 bridgehead atoms. The number of hydrogen-bond donors (Lipinski definition) is 1. The number of ether oxygens (including phenoxy) is 2. The lowest BCUT2D eigenvalue weighted by atomic mass is 9.88. The van der Waals surface area contributed by atoms with Gasteiger partial charge < -0.3 is 19.5 Å². The molecule has 1 aliphatic heterocycles. The van der Waals surface area contributed by atoms with Crippen LogP contribution in [0.25, 0.3) is 0 Å². The van der Waals surface area contributed by atoms with E-state index in [-0.39, 0.29) is 6.61 Å². The normalized spacial score (nSPS) is 18.3. The highest BCUT2D eigenvalue weighted by atomic mass is 79.9. The predicted octanol–water partition coefficient (Wildman–Crippen LogP) is 5.87. The lowest BCUT2D eigenvalue weighted by Gasteiger charge is -2.29. The molecule has 166 valence electrons. The number of rotatable bonds is 9. The maximum Gasteiger partial charge on any atom is 0.341 e. The van der Waals surface area contributed by atoms with Crippen molar-refractivity contribution in [2.45, 2.75) is 44.4 Å². The van der Waals surface area contributed by atoms with E-state index >= 15 is 0 Å². The van der Waals surface area contributed by atoms with E-state index in [2.05, 4.69) is 51.2 Å². The van der Waals surface area contributed by atoms with Crippen LogP contribution in [0.2, 0.25) is 0 Å². The van der Waals surface area contributed by atoms with Crippen LogP contribution in [0.3, 0.4) is 0 Å². The van der Waals surface area contributed by atoms with Gasteiger partial charge >= 0.3 is 5.97 Å². The van der Waals surface area contributed by atoms with Gasteiger partial charge in [-0.05, 0) is 80.7 Å². The number of anilines is 1. The van der Waals surface area contributed by atoms with Gasteiger partial charge in [0, 0.05) is 28.8 Å². The zero-order valence-corrected chi connectivity index (χ0v) is 19.4. The zero-order chi connectivity index (χ0) is 21.6. The van der Waals surface area contributed by atoms with Gasteiger partial charge in [0.2, 0.25) is 0 Å². The van der Waals surface area contributed by atoms with E-state index in [9.17, 15) is 4.79 Å². The molecule has 4 rings (SSSR count). The number of para-hydroxylation sites is 1. The van der Waals surface area contributed by atoms with Crippen molar-refractivity contribution < 1.29 is 19.4 Å². The average molecular weight is 488 g/mol. The van der Waals surface area contributed by atoms with Crippen molar-refractivity contribution in [3.05, 3.63) is 52.5 Å². The van der Waals surface area contributed by atoms with Crippen molar-refractivity contribution >= 4 is 27.6 Å². The maximum absolute atomic E-state index is 11.0. The fourth-order valence-corrected chi connectivity index (χ4v) is 4.55. The smallest absolute Gasteiger partial charge is 0.341 e. The first-order valence-corrected chi connectivity index (χ1v) is 12.0. The molecule has 1 fully saturated rings. The van der Waals surface area contributed by atoms with Crippen molar-refractivity contribution in [2.75, 3.05) is 31.2 Å². The monoisotopic (exact) mass is 487 g/mol. The lowest BCUT2D eigenvalue weighted by Crippen LogP contribution is -2.28. The third-order valence-electron chi connectivity index (χ3n) is 6.11. The summed E-state index contributed by atoms with van der Waals surface area (Å²) >= 11 is 3.54. The molecule has 1 heterocycles. The van der Waals surface area contributed by atoms with Crippen LogP contribution >= 0.6 is 15.9 Å². The van der Waals surface area contributed by atoms with Gasteiger partial charge in [-0.15, -0.1) is 0 Å². The topological polar surface area (TPSA) is 59.0 Å². The first-order valence-electron chi connectivity index (χ1n) is 11.2. The van der Waals surface area contributed by atoms with Crippen LogP contribution in [0.15, 0.2) is 46.9 Å². The van der Waals surface area contributed by atoms with Gasteiger partial charge in [0.1, 0.15) is 0 Å². The predicted molar refractivity (Wildman–Crippen MR) is 125 cm³/mol. The Morgan fingerprint density at radius 3 is 2.68 bits per heavy atom. The second-order valence-corrected chi connectivity index (χ2v) is 9.47. The number of benzene rings is 2. The highest BCUT2D eigenvalue weighted by Crippen LogP contribution is 2.41. The van der Waals surface area contributed by atoms with Crippen LogP contribution in [0.1, 0.15) is 50.0 Å². The molecular weight excluding hydrogens is 458 g/mol. The largest absolute Gasteiger partial charge is 0.489 e. The third kappa shape index (κ3) is 6.16. The molecule has 0 radical (unpaired) electrons. The van der Waals surface area contributed by atoms with Gasteiger partial charge in [-0.1, -0.05) is 28.1 Å². The second kappa shape index (κ2) is 10.4. The first-order chi connectivity index (χ1) is 15.1. The molecular formula is C25H30BrNO4. The summed E-state index contributed by atoms with van der Waals surface area (Å²) in [7, 11) is 0. The Morgan fingerprint density at radius 1 is 1.13 bits per heavy atom. The number of aliphatic carboxylic acids is 1. The number of halogens is 1. The van der Waals surface area contributed by atoms with Crippen molar-refractivity contribution in [3.8, 4) is 11.5 Å². The molecule has 1 saturated carbocycles. The molecule has 1 aliphatic carbocycles. The summed E-state index contributed by atoms with van der Waals surface area (Å²) in [4.78, 5) is 13.5. The Labute approximate surface area is 192 Å². The van der Waals surface area contributed by atoms with Gasteiger partial charge in [-0.25, -0.2) is 4.79 Å². The minimum Gasteiger partial charge on any atom is -0.489 e. The number of fused-ring (bicyclic) bond motifs is 1. The van der Waals surface area contributed by atoms with Crippen molar-refractivity contribution in [1.29, 1.82) is 0 Å². The third-order valence-corrected chi connectivity index (χ3v) is 6.64. The van der Waals surface area contributed by atoms with Crippen molar-refractivity contribution in [1.82, 2.24) is 0 Å². The summed E-state index contributed by atoms with van der Waals surface area (Å²) in [6.45, 7) is 2.38. The van der Waals surface area contributed by atoms with Gasteiger partial charge in [0.15, 0.2) is 18.1 Å². The van der Waals surface area contributed by atoms with Gasteiger partial charge in [-0.3, -0.25) is 0 Å². The number of carboxylic acids is 1. The molecule has 5 nitrogen and oxygen atoms in total. The van der Waals surface area contributed by atoms with E-state index in [1.54, 1.807) is 0 Å². The maximum atomic E-state index is 11.0. The Bertz CT molecular complexity index is 882. The highest BCUT2D eigenvalue weighted by molar-refractivity contribution is 9.10. The van der Waals surface area contributed by atoms with E-state index in [1.165, 1.54) is 18.5 Å². The molecule has 31 heavy (non-hydrogen) atoms. The lowest BCUT2D eigenvalue weighted by molar-refractivity contribution is -0.139. The van der Waals surface area contributed by atoms with Crippen LogP contribution in [0, 0.1) is 5.92 Å². The molecule has 2 aliphatic rings. The molecule has 0 amide bonds. The van der Waals surface area contributed by atoms with E-state index in [4.69, 9.17) is 14.6 Å². The highest BCUT2D eigenvalue weighted by Gasteiger charge is 2.27. The standard InChI is InChI=1S/C25H30BrNO4/c26-20-9-11-21(12-10-20)27(16-18-7-8-18)14-13-19-4-1-2-15-30-25-22(19)5-3-6-23(25)31-17-24(28)29/h3,5-6,9-12,18-19H,1-2,4,7-8,13-17H2,(H,28,29). The Kier molecular flexibility index (Phi) is 7.38. The summed E-state index contributed by atoms with van der Waals surface area (Å²) < 4.78 is 12.7. The number of hydrogen-bond acceptors (Lipinski definition) is 4. The molecule has 1 N–H and O–H groups in total. The van der Waals surface area contributed by atoms with E-state index in [0.29, 0.717) is 18.3 Å². The van der Waals surface area contributed by atoms with Crippen LogP contribution in [-0.4, -0.2) is 37.4 Å². The molecule has 2 aromatic rings. The molecule has 1 atom stereocenters. The summed E-state index contributed by atoms with van der Waals surface area (Å²) in [6, 6.07) is 14.5. The van der Waals surface area contributed by atoms with Gasteiger partial charge in [-0.2, -0.15) is 0 Å². The Morgan fingerprint density at radius 2 is 1.94 bits per heavy atom. The summed E-state index contributed by atoms with van der Waals surface area (Å²) in [6.07, 6.45) is 6.93. The van der Waals surface area contributed by atoms with Gasteiger partial charge in [0.25, 0.3) is 0 Å². The molecule has 1 unspecified atom stereocenters. The van der Waals surface area contributed by atoms with Crippen LogP contribution in [0.5, 0.6) is 11.5 Å². The SMILES string of the molecule is O=C(O)COc1cccc2c1OCCCCC2CCN(CC1CC1)c1ccc(Br)cc1. The van der Waals surface area contributed by atoms with E-state index < -0.39 is 5.97 Å². The Balaban J connectivity index is 1.52. The zero-order valence-electron chi connectivity index (χ0n) is 17.8. The quantitative estimate of drug-likeness (QED) is 0.479. The number of nitrogens with zero attached hydrogens (tertiary/aromatic N) is 1. The fourth-order valence-electron chi connectivity index (χ4n) is 4.29. The first kappa shape index (κ1) is 22.0. The molecule has 0 aromatic heterocycles. The van der Waals surface area contributed by atoms with Crippen molar-refractivity contribution in [2.24, 2.45) is 5.92 Å². The van der Waals surface area contributed by atoms with Crippen LogP contribution < -0.4 is 14.4 Å². The molecule has 6 heteroatoms. The molecule has 0 spiro atoms.